The number of aromatic hydroxyl groups is 1. The number of hydrogen-bond donors (Lipinski definition) is 2. The molecule has 4 aromatic rings. The van der Waals surface area contributed by atoms with Crippen LogP contribution in [0.25, 0.3) is 33.4 Å². The van der Waals surface area contributed by atoms with Crippen molar-refractivity contribution in [3.05, 3.63) is 102 Å². The van der Waals surface area contributed by atoms with E-state index < -0.39 is 5.97 Å². The Bertz CT molecular complexity index is 1460. The number of carbonyl (C=O) groups is 1. The molecule has 0 saturated heterocycles. The van der Waals surface area contributed by atoms with Gasteiger partial charge in [0.25, 0.3) is 0 Å². The van der Waals surface area contributed by atoms with Gasteiger partial charge in [-0.1, -0.05) is 88.4 Å². The third-order valence-corrected chi connectivity index (χ3v) is 7.84. The predicted octanol–water partition coefficient (Wildman–Crippen LogP) is 8.44. The third-order valence-electron chi connectivity index (χ3n) is 7.84. The maximum Gasteiger partial charge on any atom is 0.335 e. The van der Waals surface area contributed by atoms with Crippen molar-refractivity contribution in [3.8, 4) is 39.1 Å². The Morgan fingerprint density at radius 1 is 0.639 bits per heavy atom. The van der Waals surface area contributed by atoms with Gasteiger partial charge in [0.1, 0.15) is 5.75 Å². The van der Waals surface area contributed by atoms with Gasteiger partial charge < -0.3 is 10.2 Å². The maximum atomic E-state index is 11.3. The zero-order valence-corrected chi connectivity index (χ0v) is 21.3. The quantitative estimate of drug-likeness (QED) is 0.311. The van der Waals surface area contributed by atoms with Crippen molar-refractivity contribution in [2.45, 2.75) is 51.4 Å². The lowest BCUT2D eigenvalue weighted by molar-refractivity contribution is 0.0697. The minimum atomic E-state index is -0.934. The van der Waals surface area contributed by atoms with Gasteiger partial charge in [-0.05, 0) is 86.9 Å². The first-order valence-electron chi connectivity index (χ1n) is 12.5. The van der Waals surface area contributed by atoms with Crippen molar-refractivity contribution in [2.75, 3.05) is 0 Å². The normalized spacial score (nSPS) is 15.8. The molecular weight excluding hydrogens is 444 g/mol. The zero-order valence-electron chi connectivity index (χ0n) is 21.3. The molecule has 1 aliphatic carbocycles. The molecule has 3 heteroatoms. The molecule has 36 heavy (non-hydrogen) atoms. The van der Waals surface area contributed by atoms with E-state index in [1.54, 1.807) is 18.2 Å². The molecule has 0 atom stereocenters. The smallest absolute Gasteiger partial charge is 0.335 e. The average Bonchev–Trinajstić information content (AvgIpc) is 2.87. The molecule has 0 aliphatic heterocycles. The molecule has 0 amide bonds. The summed E-state index contributed by atoms with van der Waals surface area (Å²) in [6, 6.07) is 27.5. The van der Waals surface area contributed by atoms with E-state index >= 15 is 0 Å². The van der Waals surface area contributed by atoms with Crippen molar-refractivity contribution < 1.29 is 15.0 Å². The molecule has 3 nitrogen and oxygen atoms in total. The van der Waals surface area contributed by atoms with Gasteiger partial charge in [0, 0.05) is 5.56 Å². The van der Waals surface area contributed by atoms with Crippen LogP contribution in [0, 0.1) is 0 Å². The van der Waals surface area contributed by atoms with Gasteiger partial charge in [-0.25, -0.2) is 4.79 Å². The largest absolute Gasteiger partial charge is 0.507 e. The molecule has 0 saturated carbocycles. The van der Waals surface area contributed by atoms with E-state index in [0.29, 0.717) is 0 Å². The number of phenolic OH excluding ortho intramolecular Hbond substituents is 1. The topological polar surface area (TPSA) is 57.5 Å². The predicted molar refractivity (Wildman–Crippen MR) is 147 cm³/mol. The summed E-state index contributed by atoms with van der Waals surface area (Å²) in [4.78, 5) is 11.3. The highest BCUT2D eigenvalue weighted by atomic mass is 16.4. The molecule has 0 aromatic heterocycles. The van der Waals surface area contributed by atoms with Crippen LogP contribution in [0.15, 0.2) is 84.9 Å². The van der Waals surface area contributed by atoms with Gasteiger partial charge in [0.15, 0.2) is 0 Å². The Hall–Kier alpha value is -3.85. The fourth-order valence-corrected chi connectivity index (χ4v) is 5.46. The zero-order chi connectivity index (χ0) is 25.7. The average molecular weight is 477 g/mol. The lowest BCUT2D eigenvalue weighted by Crippen LogP contribution is -2.33. The number of benzene rings is 4. The summed E-state index contributed by atoms with van der Waals surface area (Å²) in [5.74, 6) is -0.687. The Labute approximate surface area is 213 Å². The molecule has 0 unspecified atom stereocenters. The number of carboxylic acids is 1. The van der Waals surface area contributed by atoms with Crippen LogP contribution < -0.4 is 0 Å². The SMILES string of the molecule is CC1(C)CCC(C)(C)c2cc(-c3cc(-c4ccc(C(=O)O)cc4)ccc3-c3ccccc3O)ccc21. The summed E-state index contributed by atoms with van der Waals surface area (Å²) in [6.45, 7) is 9.32. The first-order valence-corrected chi connectivity index (χ1v) is 12.5. The third kappa shape index (κ3) is 4.19. The van der Waals surface area contributed by atoms with Gasteiger partial charge in [-0.15, -0.1) is 0 Å². The van der Waals surface area contributed by atoms with Crippen molar-refractivity contribution in [3.63, 3.8) is 0 Å². The van der Waals surface area contributed by atoms with E-state index in [-0.39, 0.29) is 22.1 Å². The molecule has 1 aliphatic rings. The summed E-state index contributed by atoms with van der Waals surface area (Å²) in [5.41, 5.74) is 9.14. The Balaban J connectivity index is 1.72. The molecule has 5 rings (SSSR count). The minimum Gasteiger partial charge on any atom is -0.507 e. The van der Waals surface area contributed by atoms with Gasteiger partial charge >= 0.3 is 5.97 Å². The molecule has 182 valence electrons. The number of phenols is 1. The lowest BCUT2D eigenvalue weighted by Gasteiger charge is -2.42. The Kier molecular flexibility index (Phi) is 5.75. The highest BCUT2D eigenvalue weighted by Gasteiger charge is 2.37. The lowest BCUT2D eigenvalue weighted by atomic mass is 9.63. The fraction of sp³-hybridized carbons (Fsp3) is 0.242. The van der Waals surface area contributed by atoms with E-state index in [1.165, 1.54) is 11.1 Å². The summed E-state index contributed by atoms with van der Waals surface area (Å²) in [7, 11) is 0. The summed E-state index contributed by atoms with van der Waals surface area (Å²) in [6.07, 6.45) is 2.30. The van der Waals surface area contributed by atoms with Crippen LogP contribution in [0.1, 0.15) is 62.0 Å². The number of hydrogen-bond acceptors (Lipinski definition) is 2. The maximum absolute atomic E-state index is 11.3. The standard InChI is InChI=1S/C33H32O3/c1-32(2)17-18-33(3,4)29-20-24(14-16-28(29)32)27-19-23(21-9-11-22(12-10-21)31(35)36)13-15-25(27)26-7-5-6-8-30(26)34/h5-16,19-20,34H,17-18H2,1-4H3,(H,35,36). The minimum absolute atomic E-state index is 0.0835. The monoisotopic (exact) mass is 476 g/mol. The number of rotatable bonds is 4. The van der Waals surface area contributed by atoms with Crippen LogP contribution in [0.5, 0.6) is 5.75 Å². The van der Waals surface area contributed by atoms with Gasteiger partial charge in [0.05, 0.1) is 5.56 Å². The number of aromatic carboxylic acids is 1. The van der Waals surface area contributed by atoms with Crippen LogP contribution in [-0.2, 0) is 10.8 Å². The first kappa shape index (κ1) is 23.9. The molecule has 0 fully saturated rings. The van der Waals surface area contributed by atoms with E-state index in [0.717, 1.165) is 46.2 Å². The summed E-state index contributed by atoms with van der Waals surface area (Å²) >= 11 is 0. The second-order valence-electron chi connectivity index (χ2n) is 11.2. The summed E-state index contributed by atoms with van der Waals surface area (Å²) < 4.78 is 0. The van der Waals surface area contributed by atoms with E-state index in [4.69, 9.17) is 0 Å². The van der Waals surface area contributed by atoms with E-state index in [9.17, 15) is 15.0 Å². The molecule has 0 bridgehead atoms. The van der Waals surface area contributed by atoms with Crippen LogP contribution in [0.2, 0.25) is 0 Å². The molecule has 4 aromatic carbocycles. The van der Waals surface area contributed by atoms with Crippen LogP contribution >= 0.6 is 0 Å². The molecule has 2 N–H and O–H groups in total. The van der Waals surface area contributed by atoms with Gasteiger partial charge in [-0.3, -0.25) is 0 Å². The van der Waals surface area contributed by atoms with E-state index in [2.05, 4.69) is 58.0 Å². The van der Waals surface area contributed by atoms with Crippen molar-refractivity contribution in [1.29, 1.82) is 0 Å². The number of fused-ring (bicyclic) bond motifs is 1. The molecule has 0 radical (unpaired) electrons. The molecule has 0 spiro atoms. The highest BCUT2D eigenvalue weighted by molar-refractivity contribution is 5.91. The fourth-order valence-electron chi connectivity index (χ4n) is 5.46. The second-order valence-corrected chi connectivity index (χ2v) is 11.2. The number of carboxylic acid groups (broad SMARTS) is 1. The highest BCUT2D eigenvalue weighted by Crippen LogP contribution is 2.48. The number of para-hydroxylation sites is 1. The second kappa shape index (κ2) is 8.67. The van der Waals surface area contributed by atoms with Crippen molar-refractivity contribution >= 4 is 5.97 Å². The molecule has 0 heterocycles. The molecular formula is C33H32O3. The van der Waals surface area contributed by atoms with Gasteiger partial charge in [-0.2, -0.15) is 0 Å². The van der Waals surface area contributed by atoms with Crippen molar-refractivity contribution in [2.24, 2.45) is 0 Å². The Morgan fingerprint density at radius 3 is 1.92 bits per heavy atom. The van der Waals surface area contributed by atoms with Crippen LogP contribution in [0.4, 0.5) is 0 Å². The van der Waals surface area contributed by atoms with Crippen LogP contribution in [0.3, 0.4) is 0 Å². The first-order chi connectivity index (χ1) is 17.1. The summed E-state index contributed by atoms with van der Waals surface area (Å²) in [5, 5.41) is 20.0. The van der Waals surface area contributed by atoms with Crippen LogP contribution in [-0.4, -0.2) is 16.2 Å². The van der Waals surface area contributed by atoms with Crippen molar-refractivity contribution in [1.82, 2.24) is 0 Å². The Morgan fingerprint density at radius 2 is 1.25 bits per heavy atom. The van der Waals surface area contributed by atoms with Gasteiger partial charge in [0.2, 0.25) is 0 Å². The van der Waals surface area contributed by atoms with E-state index in [1.807, 2.05) is 36.4 Å².